The molecule has 2 atom stereocenters. The van der Waals surface area contributed by atoms with Crippen LogP contribution in [0.5, 0.6) is 0 Å². The Morgan fingerprint density at radius 1 is 1.29 bits per heavy atom. The summed E-state index contributed by atoms with van der Waals surface area (Å²) in [6, 6.07) is 7.93. The van der Waals surface area contributed by atoms with Crippen LogP contribution < -0.4 is 10.6 Å². The van der Waals surface area contributed by atoms with E-state index in [4.69, 9.17) is 0 Å². The largest absolute Gasteiger partial charge is 0.362 e. The Morgan fingerprint density at radius 3 is 2.81 bits per heavy atom. The maximum Gasteiger partial charge on any atom is 0.250 e. The molecule has 0 fully saturated rings. The molecule has 1 aromatic heterocycles. The first kappa shape index (κ1) is 19.7. The molecule has 3 aliphatic heterocycles. The van der Waals surface area contributed by atoms with Crippen LogP contribution in [0.2, 0.25) is 0 Å². The molecule has 0 saturated carbocycles. The molecule has 2 N–H and O–H groups in total. The van der Waals surface area contributed by atoms with Crippen molar-refractivity contribution in [3.8, 4) is 11.1 Å². The molecule has 0 bridgehead atoms. The van der Waals surface area contributed by atoms with Gasteiger partial charge in [-0.2, -0.15) is 14.6 Å². The number of hydrogen-bond donors (Lipinski definition) is 2. The SMILES string of the molecule is CC[C@]1(c2cccc(-c3cnn(C)c3)c2)C2=C(CC(C)(C)NC2=O)NC2N=NC(F)=C21. The van der Waals surface area contributed by atoms with Gasteiger partial charge in [0, 0.05) is 42.0 Å². The maximum absolute atomic E-state index is 15.1. The third kappa shape index (κ3) is 2.85. The molecule has 3 aliphatic rings. The summed E-state index contributed by atoms with van der Waals surface area (Å²) >= 11 is 0. The van der Waals surface area contributed by atoms with E-state index in [0.29, 0.717) is 24.0 Å². The summed E-state index contributed by atoms with van der Waals surface area (Å²) in [5, 5.41) is 18.6. The van der Waals surface area contributed by atoms with E-state index < -0.39 is 23.1 Å². The zero-order chi connectivity index (χ0) is 22.0. The molecule has 160 valence electrons. The van der Waals surface area contributed by atoms with Crippen molar-refractivity contribution in [3.63, 3.8) is 0 Å². The van der Waals surface area contributed by atoms with Gasteiger partial charge in [-0.3, -0.25) is 9.48 Å². The van der Waals surface area contributed by atoms with E-state index in [-0.39, 0.29) is 5.91 Å². The number of nitrogens with one attached hydrogen (secondary N) is 2. The van der Waals surface area contributed by atoms with Crippen molar-refractivity contribution in [2.75, 3.05) is 0 Å². The second-order valence-corrected chi connectivity index (χ2v) is 9.08. The Bertz CT molecular complexity index is 1190. The molecular formula is C23H25FN6O. The van der Waals surface area contributed by atoms with Crippen molar-refractivity contribution in [1.82, 2.24) is 20.4 Å². The summed E-state index contributed by atoms with van der Waals surface area (Å²) in [6.07, 6.45) is 4.23. The van der Waals surface area contributed by atoms with E-state index in [0.717, 1.165) is 22.4 Å². The molecule has 4 heterocycles. The van der Waals surface area contributed by atoms with E-state index in [1.54, 1.807) is 10.9 Å². The fraction of sp³-hybridized carbons (Fsp3) is 0.391. The van der Waals surface area contributed by atoms with Gasteiger partial charge in [0.1, 0.15) is 0 Å². The summed E-state index contributed by atoms with van der Waals surface area (Å²) in [4.78, 5) is 13.4. The number of fused-ring (bicyclic) bond motifs is 1. The second kappa shape index (κ2) is 6.60. The summed E-state index contributed by atoms with van der Waals surface area (Å²) in [5.41, 5.74) is 3.18. The van der Waals surface area contributed by atoms with Crippen molar-refractivity contribution in [3.05, 3.63) is 65.0 Å². The summed E-state index contributed by atoms with van der Waals surface area (Å²) in [6.45, 7) is 5.94. The van der Waals surface area contributed by atoms with Crippen molar-refractivity contribution in [2.24, 2.45) is 17.3 Å². The van der Waals surface area contributed by atoms with Crippen LogP contribution in [0.4, 0.5) is 4.39 Å². The van der Waals surface area contributed by atoms with Crippen LogP contribution in [0.15, 0.2) is 69.7 Å². The van der Waals surface area contributed by atoms with Gasteiger partial charge >= 0.3 is 0 Å². The lowest BCUT2D eigenvalue weighted by Crippen LogP contribution is -2.58. The molecule has 2 aromatic rings. The van der Waals surface area contributed by atoms with Gasteiger partial charge in [0.2, 0.25) is 5.95 Å². The molecule has 0 spiro atoms. The van der Waals surface area contributed by atoms with Crippen molar-refractivity contribution in [1.29, 1.82) is 0 Å². The van der Waals surface area contributed by atoms with Crippen LogP contribution >= 0.6 is 0 Å². The predicted molar refractivity (Wildman–Crippen MR) is 114 cm³/mol. The number of halogens is 1. The normalized spacial score (nSPS) is 26.5. The Hall–Kier alpha value is -3.29. The Labute approximate surface area is 180 Å². The molecule has 1 amide bonds. The van der Waals surface area contributed by atoms with Gasteiger partial charge in [0.05, 0.1) is 17.2 Å². The lowest BCUT2D eigenvalue weighted by atomic mass is 9.62. The van der Waals surface area contributed by atoms with Crippen LogP contribution in [0, 0.1) is 0 Å². The molecule has 0 saturated heterocycles. The van der Waals surface area contributed by atoms with Crippen LogP contribution in [0.1, 0.15) is 39.2 Å². The fourth-order valence-corrected chi connectivity index (χ4v) is 5.20. The van der Waals surface area contributed by atoms with Gasteiger partial charge in [0.15, 0.2) is 6.17 Å². The molecule has 5 rings (SSSR count). The topological polar surface area (TPSA) is 83.7 Å². The molecule has 7 nitrogen and oxygen atoms in total. The minimum absolute atomic E-state index is 0.182. The van der Waals surface area contributed by atoms with Crippen LogP contribution in [0.3, 0.4) is 0 Å². The molecule has 0 aliphatic carbocycles. The molecule has 1 unspecified atom stereocenters. The van der Waals surface area contributed by atoms with Gasteiger partial charge in [-0.15, -0.1) is 5.11 Å². The molecule has 0 radical (unpaired) electrons. The quantitative estimate of drug-likeness (QED) is 0.740. The number of aromatic nitrogens is 2. The Balaban J connectivity index is 1.77. The first-order chi connectivity index (χ1) is 14.7. The van der Waals surface area contributed by atoms with E-state index in [1.807, 2.05) is 58.3 Å². The van der Waals surface area contributed by atoms with E-state index in [1.165, 1.54) is 0 Å². The zero-order valence-electron chi connectivity index (χ0n) is 18.0. The van der Waals surface area contributed by atoms with Gasteiger partial charge in [0.25, 0.3) is 5.91 Å². The number of carbonyl (C=O) groups is 1. The van der Waals surface area contributed by atoms with Crippen molar-refractivity contribution >= 4 is 5.91 Å². The lowest BCUT2D eigenvalue weighted by Gasteiger charge is -2.48. The highest BCUT2D eigenvalue weighted by molar-refractivity contribution is 6.00. The summed E-state index contributed by atoms with van der Waals surface area (Å²) in [7, 11) is 1.87. The van der Waals surface area contributed by atoms with Crippen molar-refractivity contribution < 1.29 is 9.18 Å². The number of nitrogens with zero attached hydrogens (tertiary/aromatic N) is 4. The highest BCUT2D eigenvalue weighted by Gasteiger charge is 2.55. The highest BCUT2D eigenvalue weighted by atomic mass is 19.1. The lowest BCUT2D eigenvalue weighted by molar-refractivity contribution is -0.120. The number of aryl methyl sites for hydroxylation is 1. The average molecular weight is 420 g/mol. The number of carbonyl (C=O) groups excluding carboxylic acids is 1. The Morgan fingerprint density at radius 2 is 2.10 bits per heavy atom. The Kier molecular flexibility index (Phi) is 4.19. The number of hydrogen-bond acceptors (Lipinski definition) is 5. The van der Waals surface area contributed by atoms with Crippen LogP contribution in [0.25, 0.3) is 11.1 Å². The minimum atomic E-state index is -0.961. The summed E-state index contributed by atoms with van der Waals surface area (Å²) in [5.74, 6) is -0.798. The van der Waals surface area contributed by atoms with E-state index >= 15 is 4.39 Å². The highest BCUT2D eigenvalue weighted by Crippen LogP contribution is 2.53. The third-order valence-corrected chi connectivity index (χ3v) is 6.48. The van der Waals surface area contributed by atoms with Crippen LogP contribution in [-0.2, 0) is 17.3 Å². The van der Waals surface area contributed by atoms with E-state index in [2.05, 4.69) is 26.0 Å². The number of benzene rings is 1. The monoisotopic (exact) mass is 420 g/mol. The van der Waals surface area contributed by atoms with Crippen molar-refractivity contribution in [2.45, 2.75) is 50.7 Å². The van der Waals surface area contributed by atoms with Gasteiger partial charge < -0.3 is 10.6 Å². The third-order valence-electron chi connectivity index (χ3n) is 6.48. The number of azo groups is 1. The number of amides is 1. The zero-order valence-corrected chi connectivity index (χ0v) is 18.0. The molecular weight excluding hydrogens is 395 g/mol. The first-order valence-electron chi connectivity index (χ1n) is 10.5. The summed E-state index contributed by atoms with van der Waals surface area (Å²) < 4.78 is 16.8. The van der Waals surface area contributed by atoms with E-state index in [9.17, 15) is 4.79 Å². The predicted octanol–water partition coefficient (Wildman–Crippen LogP) is 3.86. The van der Waals surface area contributed by atoms with Gasteiger partial charge in [-0.05, 0) is 37.5 Å². The average Bonchev–Trinajstić information content (AvgIpc) is 3.31. The first-order valence-corrected chi connectivity index (χ1v) is 10.5. The standard InChI is InChI=1S/C23H25FN6O/c1-5-23(15-8-6-7-13(9-15)14-11-25-30(4)12-14)17-16(10-22(2,3)27-21(17)31)26-20-18(23)19(24)28-29-20/h6-9,11-12,20,26H,5,10H2,1-4H3,(H,27,31)/t20?,23-/m0/s1. The molecule has 8 heteroatoms. The fourth-order valence-electron chi connectivity index (χ4n) is 5.20. The van der Waals surface area contributed by atoms with Crippen LogP contribution in [-0.4, -0.2) is 27.4 Å². The van der Waals surface area contributed by atoms with Gasteiger partial charge in [-0.25, -0.2) is 0 Å². The maximum atomic E-state index is 15.1. The molecule has 31 heavy (non-hydrogen) atoms. The van der Waals surface area contributed by atoms with Gasteiger partial charge in [-0.1, -0.05) is 25.1 Å². The second-order valence-electron chi connectivity index (χ2n) is 9.08. The number of rotatable bonds is 3. The molecule has 1 aromatic carbocycles. The minimum Gasteiger partial charge on any atom is -0.362 e. The smallest absolute Gasteiger partial charge is 0.250 e.